The molecule has 0 aliphatic carbocycles. The molecule has 1 aromatic carbocycles. The minimum Gasteiger partial charge on any atom is -0.399 e. The molecule has 1 fully saturated rings. The van der Waals surface area contributed by atoms with Gasteiger partial charge >= 0.3 is 0 Å². The lowest BCUT2D eigenvalue weighted by Gasteiger charge is -2.26. The summed E-state index contributed by atoms with van der Waals surface area (Å²) in [5.74, 6) is -0.782. The Labute approximate surface area is 119 Å². The van der Waals surface area contributed by atoms with Crippen molar-refractivity contribution < 1.29 is 12.8 Å². The molecule has 1 aliphatic rings. The molecule has 1 heterocycles. The van der Waals surface area contributed by atoms with Crippen LogP contribution < -0.4 is 5.73 Å². The summed E-state index contributed by atoms with van der Waals surface area (Å²) in [6.45, 7) is 5.06. The molecule has 2 N–H and O–H groups in total. The van der Waals surface area contributed by atoms with Crippen LogP contribution in [0.5, 0.6) is 0 Å². The molecule has 20 heavy (non-hydrogen) atoms. The Balaban J connectivity index is 2.33. The topological polar surface area (TPSA) is 63.4 Å². The number of nitrogen functional groups attached to an aromatic ring is 1. The zero-order valence-corrected chi connectivity index (χ0v) is 12.7. The van der Waals surface area contributed by atoms with Crippen molar-refractivity contribution in [1.29, 1.82) is 0 Å². The van der Waals surface area contributed by atoms with Crippen LogP contribution in [0, 0.1) is 11.2 Å². The number of benzene rings is 1. The Morgan fingerprint density at radius 3 is 2.50 bits per heavy atom. The quantitative estimate of drug-likeness (QED) is 0.869. The number of hydrogen-bond donors (Lipinski definition) is 1. The molecule has 1 aromatic rings. The first-order chi connectivity index (χ1) is 9.34. The van der Waals surface area contributed by atoms with E-state index in [1.165, 1.54) is 16.4 Å². The van der Waals surface area contributed by atoms with Gasteiger partial charge in [-0.2, -0.15) is 4.31 Å². The first kappa shape index (κ1) is 15.3. The molecule has 112 valence electrons. The Bertz CT molecular complexity index is 597. The predicted octanol–water partition coefficient (Wildman–Crippen LogP) is 2.61. The molecule has 0 bridgehead atoms. The van der Waals surface area contributed by atoms with Crippen molar-refractivity contribution in [3.63, 3.8) is 0 Å². The van der Waals surface area contributed by atoms with Crippen LogP contribution in [-0.2, 0) is 10.0 Å². The number of hydrogen-bond acceptors (Lipinski definition) is 3. The average molecular weight is 300 g/mol. The number of sulfonamides is 1. The highest BCUT2D eigenvalue weighted by Gasteiger charge is 2.41. The lowest BCUT2D eigenvalue weighted by Crippen LogP contribution is -2.32. The fourth-order valence-corrected chi connectivity index (χ4v) is 4.39. The maximum atomic E-state index is 13.9. The van der Waals surface area contributed by atoms with Crippen molar-refractivity contribution in [2.45, 2.75) is 38.0 Å². The van der Waals surface area contributed by atoms with Crippen LogP contribution in [-0.4, -0.2) is 25.8 Å². The van der Waals surface area contributed by atoms with E-state index >= 15 is 0 Å². The van der Waals surface area contributed by atoms with Gasteiger partial charge in [0.25, 0.3) is 0 Å². The van der Waals surface area contributed by atoms with E-state index in [4.69, 9.17) is 5.73 Å². The van der Waals surface area contributed by atoms with Crippen molar-refractivity contribution in [2.75, 3.05) is 18.8 Å². The molecule has 0 aromatic heterocycles. The number of nitrogens with zero attached hydrogens (tertiary/aromatic N) is 1. The van der Waals surface area contributed by atoms with E-state index in [9.17, 15) is 12.8 Å². The molecule has 0 amide bonds. The van der Waals surface area contributed by atoms with Gasteiger partial charge in [-0.1, -0.05) is 13.8 Å². The molecule has 4 nitrogen and oxygen atoms in total. The largest absolute Gasteiger partial charge is 0.399 e. The van der Waals surface area contributed by atoms with Gasteiger partial charge in [0.1, 0.15) is 10.7 Å². The van der Waals surface area contributed by atoms with E-state index in [-0.39, 0.29) is 16.0 Å². The van der Waals surface area contributed by atoms with E-state index in [0.29, 0.717) is 13.1 Å². The third-order valence-electron chi connectivity index (χ3n) is 4.48. The highest BCUT2D eigenvalue weighted by molar-refractivity contribution is 7.89. The molecule has 1 saturated heterocycles. The highest BCUT2D eigenvalue weighted by atomic mass is 32.2. The minimum atomic E-state index is -3.77. The zero-order chi connectivity index (χ0) is 15.0. The average Bonchev–Trinajstić information content (AvgIpc) is 2.84. The zero-order valence-electron chi connectivity index (χ0n) is 11.9. The molecule has 0 radical (unpaired) electrons. The van der Waals surface area contributed by atoms with Crippen LogP contribution >= 0.6 is 0 Å². The maximum Gasteiger partial charge on any atom is 0.246 e. The molecule has 0 atom stereocenters. The Kier molecular flexibility index (Phi) is 4.07. The van der Waals surface area contributed by atoms with Gasteiger partial charge in [-0.3, -0.25) is 0 Å². The fraction of sp³-hybridized carbons (Fsp3) is 0.571. The van der Waals surface area contributed by atoms with Crippen molar-refractivity contribution in [2.24, 2.45) is 5.41 Å². The number of rotatable bonds is 4. The van der Waals surface area contributed by atoms with Gasteiger partial charge in [0.2, 0.25) is 10.0 Å². The maximum absolute atomic E-state index is 13.9. The van der Waals surface area contributed by atoms with Gasteiger partial charge in [0, 0.05) is 18.8 Å². The number of halogens is 1. The van der Waals surface area contributed by atoms with Crippen LogP contribution in [0.1, 0.15) is 33.1 Å². The van der Waals surface area contributed by atoms with E-state index in [2.05, 4.69) is 13.8 Å². The second-order valence-corrected chi connectivity index (χ2v) is 7.39. The normalized spacial score (nSPS) is 19.4. The van der Waals surface area contributed by atoms with Gasteiger partial charge < -0.3 is 5.73 Å². The molecular formula is C14H21FN2O2S. The van der Waals surface area contributed by atoms with Gasteiger partial charge in [-0.15, -0.1) is 0 Å². The summed E-state index contributed by atoms with van der Waals surface area (Å²) in [7, 11) is -3.77. The molecule has 0 spiro atoms. The van der Waals surface area contributed by atoms with Crippen molar-refractivity contribution in [3.8, 4) is 0 Å². The van der Waals surface area contributed by atoms with Gasteiger partial charge in [0.05, 0.1) is 0 Å². The Morgan fingerprint density at radius 2 is 2.00 bits per heavy atom. The fourth-order valence-electron chi connectivity index (χ4n) is 2.79. The number of nitrogens with two attached hydrogens (primary N) is 1. The van der Waals surface area contributed by atoms with Crippen LogP contribution in [0.4, 0.5) is 10.1 Å². The second-order valence-electron chi connectivity index (χ2n) is 5.49. The van der Waals surface area contributed by atoms with Crippen LogP contribution in [0.2, 0.25) is 0 Å². The molecule has 0 unspecified atom stereocenters. The molecule has 6 heteroatoms. The summed E-state index contributed by atoms with van der Waals surface area (Å²) < 4.78 is 40.3. The summed E-state index contributed by atoms with van der Waals surface area (Å²) in [6, 6.07) is 3.71. The van der Waals surface area contributed by atoms with Gasteiger partial charge in [-0.05, 0) is 42.9 Å². The lowest BCUT2D eigenvalue weighted by molar-refractivity contribution is 0.279. The molecule has 0 saturated carbocycles. The van der Waals surface area contributed by atoms with Gasteiger partial charge in [0.15, 0.2) is 0 Å². The first-order valence-electron chi connectivity index (χ1n) is 6.90. The van der Waals surface area contributed by atoms with Crippen LogP contribution in [0.15, 0.2) is 23.1 Å². The summed E-state index contributed by atoms with van der Waals surface area (Å²) >= 11 is 0. The van der Waals surface area contributed by atoms with Gasteiger partial charge in [-0.25, -0.2) is 12.8 Å². The van der Waals surface area contributed by atoms with Crippen LogP contribution in [0.3, 0.4) is 0 Å². The number of anilines is 1. The standard InChI is InChI=1S/C14H21FN2O2S/c1-3-14(4-2)7-8-17(10-14)20(18,19)13-6-5-11(16)9-12(13)15/h5-6,9H,3-4,7-8,10,16H2,1-2H3. The summed E-state index contributed by atoms with van der Waals surface area (Å²) in [5.41, 5.74) is 5.71. The molecule has 1 aliphatic heterocycles. The second kappa shape index (κ2) is 5.33. The smallest absolute Gasteiger partial charge is 0.246 e. The SMILES string of the molecule is CCC1(CC)CCN(S(=O)(=O)c2ccc(N)cc2F)C1. The van der Waals surface area contributed by atoms with Crippen molar-refractivity contribution in [1.82, 2.24) is 4.31 Å². The summed E-state index contributed by atoms with van der Waals surface area (Å²) in [4.78, 5) is -0.283. The third kappa shape index (κ3) is 2.54. The van der Waals surface area contributed by atoms with E-state index in [1.807, 2.05) is 0 Å². The Hall–Kier alpha value is -1.14. The Morgan fingerprint density at radius 1 is 1.35 bits per heavy atom. The minimum absolute atomic E-state index is 0.0252. The molecule has 2 rings (SSSR count). The first-order valence-corrected chi connectivity index (χ1v) is 8.34. The van der Waals surface area contributed by atoms with E-state index < -0.39 is 15.8 Å². The van der Waals surface area contributed by atoms with Crippen molar-refractivity contribution >= 4 is 15.7 Å². The van der Waals surface area contributed by atoms with E-state index in [0.717, 1.165) is 25.3 Å². The monoisotopic (exact) mass is 300 g/mol. The summed E-state index contributed by atoms with van der Waals surface area (Å²) in [5, 5.41) is 0. The third-order valence-corrected chi connectivity index (χ3v) is 6.36. The van der Waals surface area contributed by atoms with Crippen LogP contribution in [0.25, 0.3) is 0 Å². The molecular weight excluding hydrogens is 279 g/mol. The van der Waals surface area contributed by atoms with E-state index in [1.54, 1.807) is 0 Å². The predicted molar refractivity (Wildman–Crippen MR) is 77.2 cm³/mol. The highest BCUT2D eigenvalue weighted by Crippen LogP contribution is 2.39. The van der Waals surface area contributed by atoms with Crippen molar-refractivity contribution in [3.05, 3.63) is 24.0 Å². The lowest BCUT2D eigenvalue weighted by atomic mass is 9.82. The summed E-state index contributed by atoms with van der Waals surface area (Å²) in [6.07, 6.45) is 2.69.